The lowest BCUT2D eigenvalue weighted by atomic mass is 9.75. The molecule has 0 saturated carbocycles. The Morgan fingerprint density at radius 1 is 0.333 bits per heavy atom. The summed E-state index contributed by atoms with van der Waals surface area (Å²) >= 11 is 0. The summed E-state index contributed by atoms with van der Waals surface area (Å²) in [5.41, 5.74) is 18.0. The van der Waals surface area contributed by atoms with E-state index in [0.29, 0.717) is 0 Å². The van der Waals surface area contributed by atoms with E-state index in [0.717, 1.165) is 39.7 Å². The Labute approximate surface area is 353 Å². The predicted octanol–water partition coefficient (Wildman–Crippen LogP) is 16.0. The van der Waals surface area contributed by atoms with Gasteiger partial charge in [0.25, 0.3) is 0 Å². The normalized spacial score (nSPS) is 14.1. The highest BCUT2D eigenvalue weighted by molar-refractivity contribution is 5.89. The molecule has 0 atom stereocenters. The molecule has 0 fully saturated rings. The predicted molar refractivity (Wildman–Crippen MR) is 251 cm³/mol. The topological polar surface area (TPSA) is 12.5 Å². The molecule has 9 aromatic carbocycles. The summed E-state index contributed by atoms with van der Waals surface area (Å²) in [4.78, 5) is 2.36. The van der Waals surface area contributed by atoms with Crippen LogP contribution in [0.4, 0.5) is 17.1 Å². The fourth-order valence-electron chi connectivity index (χ4n) is 9.79. The van der Waals surface area contributed by atoms with E-state index in [1.54, 1.807) is 0 Å². The van der Waals surface area contributed by atoms with Gasteiger partial charge in [0.15, 0.2) is 0 Å². The largest absolute Gasteiger partial charge is 0.456 e. The van der Waals surface area contributed by atoms with Crippen LogP contribution in [-0.4, -0.2) is 0 Å². The molecular weight excluding hydrogens is 727 g/mol. The number of ether oxygens (including phenoxy) is 1. The first-order chi connectivity index (χ1) is 29.2. The van der Waals surface area contributed by atoms with Gasteiger partial charge in [-0.15, -0.1) is 0 Å². The maximum absolute atomic E-state index is 6.68. The molecule has 1 heterocycles. The molecule has 0 N–H and O–H groups in total. The standard InChI is InChI=1S/C58H45NO/c1-57(2)51-16-8-7-14-49(51)50-35-28-44(37-54(50)57)40-24-31-46(32-25-40)59(45-29-22-39(23-30-45)43-21-20-38-12-5-6-13-42(38)36-43)47-33-26-41(27-34-47)48-15-11-18-53-56(48)60-55-19-10-9-17-52(55)58(53,3)4/h5-37H,1-4H3. The van der Waals surface area contributed by atoms with E-state index in [1.807, 2.05) is 0 Å². The molecule has 9 aromatic rings. The van der Waals surface area contributed by atoms with E-state index in [2.05, 4.69) is 233 Å². The van der Waals surface area contributed by atoms with E-state index in [1.165, 1.54) is 66.4 Å². The van der Waals surface area contributed by atoms with E-state index >= 15 is 0 Å². The van der Waals surface area contributed by atoms with Gasteiger partial charge in [-0.05, 0) is 115 Å². The average Bonchev–Trinajstić information content (AvgIpc) is 3.52. The first-order valence-corrected chi connectivity index (χ1v) is 21.0. The van der Waals surface area contributed by atoms with Gasteiger partial charge in [0, 0.05) is 44.6 Å². The summed E-state index contributed by atoms with van der Waals surface area (Å²) in [7, 11) is 0. The van der Waals surface area contributed by atoms with Crippen molar-refractivity contribution < 1.29 is 4.74 Å². The second kappa shape index (κ2) is 13.7. The Balaban J connectivity index is 0.965. The van der Waals surface area contributed by atoms with Gasteiger partial charge in [0.1, 0.15) is 11.5 Å². The number of rotatable bonds is 6. The minimum atomic E-state index is -0.177. The summed E-state index contributed by atoms with van der Waals surface area (Å²) in [5.74, 6) is 1.86. The summed E-state index contributed by atoms with van der Waals surface area (Å²) in [5, 5.41) is 2.50. The van der Waals surface area contributed by atoms with Crippen molar-refractivity contribution in [3.63, 3.8) is 0 Å². The minimum absolute atomic E-state index is 0.0459. The monoisotopic (exact) mass is 771 g/mol. The quantitative estimate of drug-likeness (QED) is 0.167. The average molecular weight is 772 g/mol. The van der Waals surface area contributed by atoms with Crippen molar-refractivity contribution >= 4 is 27.8 Å². The van der Waals surface area contributed by atoms with Crippen molar-refractivity contribution in [2.75, 3.05) is 4.90 Å². The third-order valence-electron chi connectivity index (χ3n) is 13.1. The van der Waals surface area contributed by atoms with Crippen molar-refractivity contribution in [2.24, 2.45) is 0 Å². The van der Waals surface area contributed by atoms with Crippen LogP contribution in [0.3, 0.4) is 0 Å². The summed E-state index contributed by atoms with van der Waals surface area (Å²) < 4.78 is 6.68. The number of hydrogen-bond donors (Lipinski definition) is 0. The fraction of sp³-hybridized carbons (Fsp3) is 0.103. The van der Waals surface area contributed by atoms with Crippen LogP contribution in [0.25, 0.3) is 55.3 Å². The summed E-state index contributed by atoms with van der Waals surface area (Å²) in [6.45, 7) is 9.27. The number of hydrogen-bond acceptors (Lipinski definition) is 2. The van der Waals surface area contributed by atoms with Crippen molar-refractivity contribution in [3.8, 4) is 56.0 Å². The smallest absolute Gasteiger partial charge is 0.139 e. The summed E-state index contributed by atoms with van der Waals surface area (Å²) in [6, 6.07) is 73.0. The van der Waals surface area contributed by atoms with Crippen molar-refractivity contribution in [1.82, 2.24) is 0 Å². The van der Waals surface area contributed by atoms with Crippen LogP contribution in [0, 0.1) is 0 Å². The Morgan fingerprint density at radius 3 is 1.52 bits per heavy atom. The SMILES string of the molecule is CC1(C)c2ccccc2-c2ccc(-c3ccc(N(c4ccc(-c5ccc6ccccc6c5)cc4)c4ccc(-c5cccc6c5Oc5ccccc5C6(C)C)cc4)cc3)cc21. The van der Waals surface area contributed by atoms with E-state index < -0.39 is 0 Å². The molecule has 288 valence electrons. The molecule has 2 nitrogen and oxygen atoms in total. The number of benzene rings is 9. The Hall–Kier alpha value is -7.16. The lowest BCUT2D eigenvalue weighted by Crippen LogP contribution is -2.24. The lowest BCUT2D eigenvalue weighted by molar-refractivity contribution is 0.419. The molecule has 0 bridgehead atoms. The van der Waals surface area contributed by atoms with Crippen LogP contribution in [-0.2, 0) is 10.8 Å². The van der Waals surface area contributed by atoms with Crippen LogP contribution in [0.5, 0.6) is 11.5 Å². The molecule has 0 aromatic heterocycles. The van der Waals surface area contributed by atoms with Gasteiger partial charge in [0.05, 0.1) is 0 Å². The second-order valence-corrected chi connectivity index (χ2v) is 17.4. The molecule has 0 spiro atoms. The van der Waals surface area contributed by atoms with Crippen LogP contribution in [0.15, 0.2) is 200 Å². The first kappa shape index (κ1) is 36.0. The highest BCUT2D eigenvalue weighted by Gasteiger charge is 2.36. The number of fused-ring (bicyclic) bond motifs is 6. The zero-order valence-corrected chi connectivity index (χ0v) is 34.4. The Morgan fingerprint density at radius 2 is 0.817 bits per heavy atom. The van der Waals surface area contributed by atoms with E-state index in [-0.39, 0.29) is 10.8 Å². The van der Waals surface area contributed by atoms with Crippen molar-refractivity contribution in [3.05, 3.63) is 222 Å². The van der Waals surface area contributed by atoms with Crippen LogP contribution in [0.1, 0.15) is 49.9 Å². The Kier molecular flexibility index (Phi) is 8.22. The van der Waals surface area contributed by atoms with Gasteiger partial charge in [-0.3, -0.25) is 0 Å². The zero-order chi connectivity index (χ0) is 40.6. The zero-order valence-electron chi connectivity index (χ0n) is 34.4. The number of anilines is 3. The molecule has 0 amide bonds. The molecule has 0 saturated heterocycles. The molecular formula is C58H45NO. The molecule has 2 heteroatoms. The first-order valence-electron chi connectivity index (χ1n) is 21.0. The second-order valence-electron chi connectivity index (χ2n) is 17.4. The molecule has 2 aliphatic rings. The van der Waals surface area contributed by atoms with Gasteiger partial charge < -0.3 is 9.64 Å². The number of nitrogens with zero attached hydrogens (tertiary/aromatic N) is 1. The third kappa shape index (κ3) is 5.78. The molecule has 11 rings (SSSR count). The van der Waals surface area contributed by atoms with Gasteiger partial charge in [-0.2, -0.15) is 0 Å². The van der Waals surface area contributed by atoms with Crippen molar-refractivity contribution in [1.29, 1.82) is 0 Å². The fourth-order valence-corrected chi connectivity index (χ4v) is 9.79. The third-order valence-corrected chi connectivity index (χ3v) is 13.1. The van der Waals surface area contributed by atoms with Gasteiger partial charge in [-0.25, -0.2) is 0 Å². The summed E-state index contributed by atoms with van der Waals surface area (Å²) in [6.07, 6.45) is 0. The lowest BCUT2D eigenvalue weighted by Gasteiger charge is -2.35. The van der Waals surface area contributed by atoms with E-state index in [9.17, 15) is 0 Å². The maximum atomic E-state index is 6.68. The van der Waals surface area contributed by atoms with Gasteiger partial charge in [-0.1, -0.05) is 173 Å². The Bertz CT molecular complexity index is 3100. The molecule has 1 aliphatic heterocycles. The molecule has 1 aliphatic carbocycles. The van der Waals surface area contributed by atoms with Crippen molar-refractivity contribution in [2.45, 2.75) is 38.5 Å². The minimum Gasteiger partial charge on any atom is -0.456 e. The highest BCUT2D eigenvalue weighted by atomic mass is 16.5. The van der Waals surface area contributed by atoms with Gasteiger partial charge >= 0.3 is 0 Å². The number of para-hydroxylation sites is 2. The van der Waals surface area contributed by atoms with Crippen LogP contribution < -0.4 is 9.64 Å². The highest BCUT2D eigenvalue weighted by Crippen LogP contribution is 2.52. The van der Waals surface area contributed by atoms with Gasteiger partial charge in [0.2, 0.25) is 0 Å². The molecule has 0 radical (unpaired) electrons. The van der Waals surface area contributed by atoms with Crippen LogP contribution in [0.2, 0.25) is 0 Å². The molecule has 0 unspecified atom stereocenters. The maximum Gasteiger partial charge on any atom is 0.139 e. The van der Waals surface area contributed by atoms with Crippen LogP contribution >= 0.6 is 0 Å². The van der Waals surface area contributed by atoms with E-state index in [4.69, 9.17) is 4.74 Å². The molecule has 60 heavy (non-hydrogen) atoms.